The van der Waals surface area contributed by atoms with E-state index in [0.717, 1.165) is 12.8 Å². The third-order valence-corrected chi connectivity index (χ3v) is 3.87. The van der Waals surface area contributed by atoms with Crippen molar-refractivity contribution in [3.63, 3.8) is 0 Å². The first kappa shape index (κ1) is 14.3. The molecular formula is C14H18N2O4. The molecule has 0 bridgehead atoms. The van der Waals surface area contributed by atoms with Gasteiger partial charge in [-0.3, -0.25) is 10.1 Å². The highest BCUT2D eigenvalue weighted by atomic mass is 16.6. The third kappa shape index (κ3) is 2.89. The van der Waals surface area contributed by atoms with Gasteiger partial charge >= 0.3 is 5.97 Å². The lowest BCUT2D eigenvalue weighted by atomic mass is 9.76. The molecule has 2 N–H and O–H groups in total. The van der Waals surface area contributed by atoms with Crippen LogP contribution in [0.3, 0.4) is 0 Å². The summed E-state index contributed by atoms with van der Waals surface area (Å²) in [5.74, 6) is -0.507. The van der Waals surface area contributed by atoms with Crippen molar-refractivity contribution in [2.45, 2.75) is 38.1 Å². The first-order valence-corrected chi connectivity index (χ1v) is 6.69. The molecule has 1 saturated carbocycles. The van der Waals surface area contributed by atoms with E-state index < -0.39 is 16.4 Å². The quantitative estimate of drug-likeness (QED) is 0.652. The summed E-state index contributed by atoms with van der Waals surface area (Å²) in [5, 5.41) is 23.2. The highest BCUT2D eigenvalue weighted by molar-refractivity contribution is 5.83. The maximum Gasteiger partial charge on any atom is 0.329 e. The Morgan fingerprint density at radius 3 is 2.60 bits per heavy atom. The van der Waals surface area contributed by atoms with Crippen molar-refractivity contribution in [3.8, 4) is 0 Å². The van der Waals surface area contributed by atoms with E-state index in [1.165, 1.54) is 12.1 Å². The number of anilines is 1. The zero-order valence-electron chi connectivity index (χ0n) is 11.3. The number of hydrogen-bond donors (Lipinski definition) is 2. The lowest BCUT2D eigenvalue weighted by Gasteiger charge is -2.37. The largest absolute Gasteiger partial charge is 0.480 e. The number of nitro groups is 1. The van der Waals surface area contributed by atoms with E-state index in [2.05, 4.69) is 5.32 Å². The first-order valence-electron chi connectivity index (χ1n) is 6.69. The summed E-state index contributed by atoms with van der Waals surface area (Å²) < 4.78 is 0. The molecule has 0 spiro atoms. The Bertz CT molecular complexity index is 514. The number of nitrogens with zero attached hydrogens (tertiary/aromatic N) is 1. The summed E-state index contributed by atoms with van der Waals surface area (Å²) in [6.45, 7) is 2.05. The summed E-state index contributed by atoms with van der Waals surface area (Å²) in [6.07, 6.45) is 3.05. The average Bonchev–Trinajstić information content (AvgIpc) is 2.39. The fraction of sp³-hybridized carbons (Fsp3) is 0.500. The topological polar surface area (TPSA) is 92.5 Å². The Morgan fingerprint density at radius 2 is 2.10 bits per heavy atom. The second kappa shape index (κ2) is 5.48. The number of rotatable bonds is 4. The van der Waals surface area contributed by atoms with Crippen molar-refractivity contribution in [1.29, 1.82) is 0 Å². The predicted molar refractivity (Wildman–Crippen MR) is 74.7 cm³/mol. The predicted octanol–water partition coefficient (Wildman–Crippen LogP) is 3.04. The monoisotopic (exact) mass is 278 g/mol. The van der Waals surface area contributed by atoms with Crippen LogP contribution in [0.5, 0.6) is 0 Å². The number of benzene rings is 1. The van der Waals surface area contributed by atoms with E-state index in [1.807, 2.05) is 6.92 Å². The Hall–Kier alpha value is -2.11. The van der Waals surface area contributed by atoms with Gasteiger partial charge in [0.25, 0.3) is 5.69 Å². The molecule has 0 amide bonds. The van der Waals surface area contributed by atoms with E-state index in [4.69, 9.17) is 0 Å². The number of carboxylic acids is 1. The van der Waals surface area contributed by atoms with Gasteiger partial charge in [0, 0.05) is 17.8 Å². The molecule has 0 heterocycles. The third-order valence-electron chi connectivity index (χ3n) is 3.87. The number of hydrogen-bond acceptors (Lipinski definition) is 4. The highest BCUT2D eigenvalue weighted by Gasteiger charge is 2.41. The van der Waals surface area contributed by atoms with Crippen LogP contribution in [-0.2, 0) is 4.79 Å². The van der Waals surface area contributed by atoms with Gasteiger partial charge in [0.1, 0.15) is 5.54 Å². The average molecular weight is 278 g/mol. The molecule has 20 heavy (non-hydrogen) atoms. The molecule has 2 atom stereocenters. The van der Waals surface area contributed by atoms with Gasteiger partial charge in [0.05, 0.1) is 4.92 Å². The van der Waals surface area contributed by atoms with Crippen molar-refractivity contribution in [2.75, 3.05) is 5.32 Å². The lowest BCUT2D eigenvalue weighted by molar-refractivity contribution is -0.384. The van der Waals surface area contributed by atoms with Crippen LogP contribution in [0.2, 0.25) is 0 Å². The molecule has 6 heteroatoms. The van der Waals surface area contributed by atoms with Crippen LogP contribution < -0.4 is 5.32 Å². The number of nitro benzene ring substituents is 1. The van der Waals surface area contributed by atoms with Gasteiger partial charge in [0.2, 0.25) is 0 Å². The number of nitrogens with one attached hydrogen (secondary N) is 1. The molecule has 6 nitrogen and oxygen atoms in total. The van der Waals surface area contributed by atoms with Gasteiger partial charge in [-0.05, 0) is 30.9 Å². The van der Waals surface area contributed by atoms with Crippen LogP contribution >= 0.6 is 0 Å². The summed E-state index contributed by atoms with van der Waals surface area (Å²) in [5.41, 5.74) is -0.364. The Morgan fingerprint density at radius 1 is 1.45 bits per heavy atom. The van der Waals surface area contributed by atoms with Crippen LogP contribution in [0.15, 0.2) is 24.3 Å². The number of non-ortho nitro benzene ring substituents is 1. The van der Waals surface area contributed by atoms with Gasteiger partial charge in [0.15, 0.2) is 0 Å². The zero-order chi connectivity index (χ0) is 14.8. The van der Waals surface area contributed by atoms with E-state index in [-0.39, 0.29) is 5.69 Å². The zero-order valence-corrected chi connectivity index (χ0v) is 11.3. The minimum atomic E-state index is -0.964. The molecule has 1 aromatic carbocycles. The van der Waals surface area contributed by atoms with Crippen molar-refractivity contribution in [3.05, 3.63) is 34.4 Å². The summed E-state index contributed by atoms with van der Waals surface area (Å²) in [4.78, 5) is 21.8. The van der Waals surface area contributed by atoms with Gasteiger partial charge in [-0.1, -0.05) is 19.8 Å². The molecule has 2 unspecified atom stereocenters. The van der Waals surface area contributed by atoms with E-state index >= 15 is 0 Å². The van der Waals surface area contributed by atoms with Gasteiger partial charge < -0.3 is 10.4 Å². The lowest BCUT2D eigenvalue weighted by Crippen LogP contribution is -2.49. The molecular weight excluding hydrogens is 260 g/mol. The van der Waals surface area contributed by atoms with Crippen LogP contribution in [0.25, 0.3) is 0 Å². The van der Waals surface area contributed by atoms with Crippen molar-refractivity contribution >= 4 is 17.3 Å². The minimum absolute atomic E-state index is 0.00284. The first-order chi connectivity index (χ1) is 9.43. The molecule has 1 fully saturated rings. The second-order valence-electron chi connectivity index (χ2n) is 5.52. The summed E-state index contributed by atoms with van der Waals surface area (Å²) in [6, 6.07) is 5.87. The standard InChI is InChI=1S/C14H18N2O4/c1-10-3-2-8-14(9-10,13(17)18)15-11-4-6-12(7-5-11)16(19)20/h4-7,10,15H,2-3,8-9H2,1H3,(H,17,18). The van der Waals surface area contributed by atoms with Gasteiger partial charge in [-0.15, -0.1) is 0 Å². The molecule has 108 valence electrons. The molecule has 1 aliphatic rings. The molecule has 2 rings (SSSR count). The van der Waals surface area contributed by atoms with Crippen molar-refractivity contribution in [1.82, 2.24) is 0 Å². The number of carboxylic acid groups (broad SMARTS) is 1. The van der Waals surface area contributed by atoms with Gasteiger partial charge in [-0.2, -0.15) is 0 Å². The highest BCUT2D eigenvalue weighted by Crippen LogP contribution is 2.35. The smallest absolute Gasteiger partial charge is 0.329 e. The van der Waals surface area contributed by atoms with Crippen molar-refractivity contribution < 1.29 is 14.8 Å². The normalized spacial score (nSPS) is 25.9. The van der Waals surface area contributed by atoms with Crippen LogP contribution in [0.1, 0.15) is 32.6 Å². The molecule has 0 aliphatic heterocycles. The second-order valence-corrected chi connectivity index (χ2v) is 5.52. The fourth-order valence-electron chi connectivity index (χ4n) is 2.86. The summed E-state index contributed by atoms with van der Waals surface area (Å²) >= 11 is 0. The Labute approximate surface area is 117 Å². The van der Waals surface area contributed by atoms with Crippen LogP contribution in [0.4, 0.5) is 11.4 Å². The van der Waals surface area contributed by atoms with Crippen molar-refractivity contribution in [2.24, 2.45) is 5.92 Å². The van der Waals surface area contributed by atoms with Gasteiger partial charge in [-0.25, -0.2) is 4.79 Å². The molecule has 1 aliphatic carbocycles. The Balaban J connectivity index is 2.20. The fourth-order valence-corrected chi connectivity index (χ4v) is 2.86. The number of carbonyl (C=O) groups is 1. The molecule has 0 saturated heterocycles. The van der Waals surface area contributed by atoms with Crippen LogP contribution in [0, 0.1) is 16.0 Å². The SMILES string of the molecule is CC1CCCC(Nc2ccc([N+](=O)[O-])cc2)(C(=O)O)C1. The van der Waals surface area contributed by atoms with Crippen LogP contribution in [-0.4, -0.2) is 21.5 Å². The van der Waals surface area contributed by atoms with E-state index in [0.29, 0.717) is 24.4 Å². The molecule has 0 aromatic heterocycles. The summed E-state index contributed by atoms with van der Waals surface area (Å²) in [7, 11) is 0. The maximum atomic E-state index is 11.6. The Kier molecular flexibility index (Phi) is 3.92. The molecule has 1 aromatic rings. The molecule has 0 radical (unpaired) electrons. The number of aliphatic carboxylic acids is 1. The minimum Gasteiger partial charge on any atom is -0.480 e. The van der Waals surface area contributed by atoms with E-state index in [1.54, 1.807) is 12.1 Å². The maximum absolute atomic E-state index is 11.6. The van der Waals surface area contributed by atoms with E-state index in [9.17, 15) is 20.0 Å².